The van der Waals surface area contributed by atoms with Crippen molar-refractivity contribution in [1.82, 2.24) is 3.93 Å². The Morgan fingerprint density at radius 2 is 2.21 bits per heavy atom. The van der Waals surface area contributed by atoms with E-state index in [4.69, 9.17) is 0 Å². The fourth-order valence-corrected chi connectivity index (χ4v) is 2.71. The summed E-state index contributed by atoms with van der Waals surface area (Å²) in [5.74, 6) is 0.688. The Bertz CT molecular complexity index is 311. The van der Waals surface area contributed by atoms with Crippen molar-refractivity contribution in [2.45, 2.75) is 25.7 Å². The van der Waals surface area contributed by atoms with Gasteiger partial charge >= 0.3 is 0 Å². The van der Waals surface area contributed by atoms with Crippen LogP contribution in [0.2, 0.25) is 0 Å². The quantitative estimate of drug-likeness (QED) is 0.695. The Morgan fingerprint density at radius 3 is 3.00 bits per heavy atom. The fraction of sp³-hybridized carbons (Fsp3) is 0.500. The van der Waals surface area contributed by atoms with Crippen molar-refractivity contribution in [3.8, 4) is 0 Å². The summed E-state index contributed by atoms with van der Waals surface area (Å²) in [7, 11) is 0. The molecule has 0 saturated carbocycles. The smallest absolute Gasteiger partial charge is 0.0161 e. The van der Waals surface area contributed by atoms with E-state index in [9.17, 15) is 0 Å². The number of fused-ring (bicyclic) bond motifs is 1. The van der Waals surface area contributed by atoms with Gasteiger partial charge in [-0.15, -0.1) is 0 Å². The van der Waals surface area contributed by atoms with Gasteiger partial charge in [0.05, 0.1) is 0 Å². The van der Waals surface area contributed by atoms with Gasteiger partial charge in [-0.25, -0.2) is 3.93 Å². The average Bonchev–Trinajstić information content (AvgIpc) is 2.38. The molecule has 1 aliphatic heterocycles. The summed E-state index contributed by atoms with van der Waals surface area (Å²) in [6.07, 6.45) is 2.39. The minimum atomic E-state index is 0.688. The van der Waals surface area contributed by atoms with Crippen molar-refractivity contribution in [1.29, 1.82) is 0 Å². The van der Waals surface area contributed by atoms with Gasteiger partial charge in [-0.3, -0.25) is 0 Å². The predicted molar refractivity (Wildman–Crippen MR) is 63.7 cm³/mol. The number of hydrogen-bond donors (Lipinski definition) is 0. The Morgan fingerprint density at radius 1 is 1.43 bits per heavy atom. The standard InChI is InChI=1S/C12H16BrN/c1-2-10-9-14(13)8-7-11-5-3-4-6-12(10)11/h3-6,10H,2,7-9H2,1H3. The Hall–Kier alpha value is -0.340. The van der Waals surface area contributed by atoms with E-state index < -0.39 is 0 Å². The summed E-state index contributed by atoms with van der Waals surface area (Å²) in [4.78, 5) is 0. The molecule has 1 aromatic rings. The molecule has 1 aliphatic rings. The number of benzene rings is 1. The van der Waals surface area contributed by atoms with Crippen molar-refractivity contribution in [3.05, 3.63) is 35.4 Å². The van der Waals surface area contributed by atoms with E-state index >= 15 is 0 Å². The third kappa shape index (κ3) is 2.01. The zero-order valence-corrected chi connectivity index (χ0v) is 10.1. The maximum absolute atomic E-state index is 3.61. The second kappa shape index (κ2) is 4.45. The molecule has 0 saturated heterocycles. The molecule has 2 rings (SSSR count). The molecule has 1 unspecified atom stereocenters. The largest absolute Gasteiger partial charge is 0.241 e. The highest BCUT2D eigenvalue weighted by molar-refractivity contribution is 9.07. The van der Waals surface area contributed by atoms with Crippen LogP contribution in [0.1, 0.15) is 30.4 Å². The number of nitrogens with zero attached hydrogens (tertiary/aromatic N) is 1. The molecular formula is C12H16BrN. The molecule has 0 aromatic heterocycles. The van der Waals surface area contributed by atoms with Gasteiger partial charge in [0.2, 0.25) is 0 Å². The molecule has 0 radical (unpaired) electrons. The van der Waals surface area contributed by atoms with Gasteiger partial charge in [0.15, 0.2) is 0 Å². The van der Waals surface area contributed by atoms with Crippen molar-refractivity contribution in [2.24, 2.45) is 0 Å². The number of rotatable bonds is 1. The highest BCUT2D eigenvalue weighted by atomic mass is 79.9. The SMILES string of the molecule is CCC1CN(Br)CCc2ccccc21. The maximum Gasteiger partial charge on any atom is 0.0161 e. The van der Waals surface area contributed by atoms with E-state index in [1.807, 2.05) is 0 Å². The number of halogens is 1. The van der Waals surface area contributed by atoms with Crippen LogP contribution in [0.5, 0.6) is 0 Å². The average molecular weight is 254 g/mol. The zero-order chi connectivity index (χ0) is 9.97. The molecule has 0 spiro atoms. The van der Waals surface area contributed by atoms with Crippen LogP contribution in [0.4, 0.5) is 0 Å². The molecule has 0 fully saturated rings. The molecule has 1 nitrogen and oxygen atoms in total. The first-order valence-corrected chi connectivity index (χ1v) is 6.00. The molecule has 14 heavy (non-hydrogen) atoms. The summed E-state index contributed by atoms with van der Waals surface area (Å²) in [6, 6.07) is 8.86. The van der Waals surface area contributed by atoms with Gasteiger partial charge in [0, 0.05) is 29.2 Å². The van der Waals surface area contributed by atoms with Crippen molar-refractivity contribution in [3.63, 3.8) is 0 Å². The van der Waals surface area contributed by atoms with Crippen molar-refractivity contribution in [2.75, 3.05) is 13.1 Å². The van der Waals surface area contributed by atoms with Gasteiger partial charge in [0.25, 0.3) is 0 Å². The summed E-state index contributed by atoms with van der Waals surface area (Å²) in [5, 5.41) is 0. The maximum atomic E-state index is 3.61. The third-order valence-corrected chi connectivity index (χ3v) is 3.67. The molecule has 1 aromatic carbocycles. The molecule has 2 heteroatoms. The van der Waals surface area contributed by atoms with Crippen molar-refractivity contribution < 1.29 is 0 Å². The van der Waals surface area contributed by atoms with E-state index in [0.717, 1.165) is 19.5 Å². The minimum Gasteiger partial charge on any atom is -0.241 e. The highest BCUT2D eigenvalue weighted by Crippen LogP contribution is 2.28. The minimum absolute atomic E-state index is 0.688. The second-order valence-corrected chi connectivity index (χ2v) is 4.93. The second-order valence-electron chi connectivity index (χ2n) is 3.92. The van der Waals surface area contributed by atoms with E-state index in [1.54, 1.807) is 5.56 Å². The summed E-state index contributed by atoms with van der Waals surface area (Å²) >= 11 is 3.61. The lowest BCUT2D eigenvalue weighted by molar-refractivity contribution is 0.456. The Labute approximate surface area is 94.5 Å². The molecule has 0 aliphatic carbocycles. The fourth-order valence-electron chi connectivity index (χ4n) is 2.18. The normalized spacial score (nSPS) is 22.9. The van der Waals surface area contributed by atoms with Crippen LogP contribution >= 0.6 is 16.1 Å². The molecular weight excluding hydrogens is 238 g/mol. The van der Waals surface area contributed by atoms with Gasteiger partial charge in [0.1, 0.15) is 0 Å². The summed E-state index contributed by atoms with van der Waals surface area (Å²) in [5.41, 5.74) is 3.08. The van der Waals surface area contributed by atoms with Crippen LogP contribution in [0.25, 0.3) is 0 Å². The molecule has 0 bridgehead atoms. The predicted octanol–water partition coefficient (Wildman–Crippen LogP) is 3.35. The molecule has 1 atom stereocenters. The van der Waals surface area contributed by atoms with Crippen LogP contribution in [-0.4, -0.2) is 17.0 Å². The lowest BCUT2D eigenvalue weighted by atomic mass is 9.92. The summed E-state index contributed by atoms with van der Waals surface area (Å²) in [6.45, 7) is 4.52. The Kier molecular flexibility index (Phi) is 3.24. The monoisotopic (exact) mass is 253 g/mol. The van der Waals surface area contributed by atoms with Gasteiger partial charge in [-0.05, 0) is 29.9 Å². The molecule has 1 heterocycles. The van der Waals surface area contributed by atoms with E-state index in [1.165, 1.54) is 12.0 Å². The first-order valence-electron chi connectivity index (χ1n) is 5.29. The lowest BCUT2D eigenvalue weighted by Gasteiger charge is -2.18. The zero-order valence-electron chi connectivity index (χ0n) is 8.54. The van der Waals surface area contributed by atoms with E-state index in [2.05, 4.69) is 51.3 Å². The molecule has 76 valence electrons. The van der Waals surface area contributed by atoms with Crippen LogP contribution in [0, 0.1) is 0 Å². The van der Waals surface area contributed by atoms with E-state index in [-0.39, 0.29) is 0 Å². The topological polar surface area (TPSA) is 3.24 Å². The van der Waals surface area contributed by atoms with Crippen molar-refractivity contribution >= 4 is 16.1 Å². The number of hydrogen-bond acceptors (Lipinski definition) is 1. The first-order chi connectivity index (χ1) is 6.81. The molecule has 0 amide bonds. The van der Waals surface area contributed by atoms with Gasteiger partial charge < -0.3 is 0 Å². The van der Waals surface area contributed by atoms with Gasteiger partial charge in [-0.2, -0.15) is 0 Å². The Balaban J connectivity index is 2.34. The van der Waals surface area contributed by atoms with Crippen LogP contribution in [0.15, 0.2) is 24.3 Å². The van der Waals surface area contributed by atoms with E-state index in [0.29, 0.717) is 5.92 Å². The lowest BCUT2D eigenvalue weighted by Crippen LogP contribution is -2.17. The van der Waals surface area contributed by atoms with Crippen LogP contribution in [-0.2, 0) is 6.42 Å². The molecule has 0 N–H and O–H groups in total. The van der Waals surface area contributed by atoms with Crippen LogP contribution in [0.3, 0.4) is 0 Å². The highest BCUT2D eigenvalue weighted by Gasteiger charge is 2.19. The third-order valence-electron chi connectivity index (χ3n) is 3.03. The summed E-state index contributed by atoms with van der Waals surface area (Å²) < 4.78 is 2.27. The van der Waals surface area contributed by atoms with Crippen LogP contribution < -0.4 is 0 Å². The first kappa shape index (κ1) is 10.2. The van der Waals surface area contributed by atoms with Gasteiger partial charge in [-0.1, -0.05) is 31.2 Å².